The molecule has 0 radical (unpaired) electrons. The van der Waals surface area contributed by atoms with E-state index in [0.29, 0.717) is 25.0 Å². The molecule has 1 heterocycles. The van der Waals surface area contributed by atoms with Crippen molar-refractivity contribution in [2.45, 2.75) is 57.0 Å². The molecule has 0 saturated heterocycles. The zero-order chi connectivity index (χ0) is 22.4. The summed E-state index contributed by atoms with van der Waals surface area (Å²) in [5.41, 5.74) is 9.44. The standard InChI is InChI=1S/C24H29N5O2/c1-16-12-19(15-28-21(16)22(30)27-2)18-8-6-17(7-9-18)13-20(14-25)29-23(31)24(26)10-4-3-5-11-24/h6-9,12,15,20H,3-5,10-11,13,26H2,1-2H3,(H,27,30)(H,29,31). The summed E-state index contributed by atoms with van der Waals surface area (Å²) in [7, 11) is 1.58. The zero-order valence-corrected chi connectivity index (χ0v) is 18.1. The normalized spacial score (nSPS) is 16.1. The van der Waals surface area contributed by atoms with Crippen molar-refractivity contribution >= 4 is 11.8 Å². The average Bonchev–Trinajstić information content (AvgIpc) is 2.79. The van der Waals surface area contributed by atoms with E-state index >= 15 is 0 Å². The Labute approximate surface area is 183 Å². The summed E-state index contributed by atoms with van der Waals surface area (Å²) < 4.78 is 0. The minimum atomic E-state index is -0.858. The Morgan fingerprint density at radius 1 is 1.19 bits per heavy atom. The van der Waals surface area contributed by atoms with Crippen molar-refractivity contribution < 1.29 is 9.59 Å². The number of nitrogens with zero attached hydrogens (tertiary/aromatic N) is 2. The van der Waals surface area contributed by atoms with Gasteiger partial charge in [-0.3, -0.25) is 14.6 Å². The Balaban J connectivity index is 1.67. The number of carbonyl (C=O) groups is 2. The van der Waals surface area contributed by atoms with Gasteiger partial charge in [-0.05, 0) is 42.5 Å². The smallest absolute Gasteiger partial charge is 0.269 e. The second-order valence-corrected chi connectivity index (χ2v) is 8.24. The molecule has 1 saturated carbocycles. The Hall–Kier alpha value is -3.24. The number of nitriles is 1. The van der Waals surface area contributed by atoms with Gasteiger partial charge < -0.3 is 16.4 Å². The summed E-state index contributed by atoms with van der Waals surface area (Å²) in [5, 5.41) is 14.9. The number of hydrogen-bond donors (Lipinski definition) is 3. The molecule has 1 fully saturated rings. The molecule has 3 rings (SSSR count). The minimum Gasteiger partial charge on any atom is -0.354 e. The van der Waals surface area contributed by atoms with Crippen molar-refractivity contribution in [3.8, 4) is 17.2 Å². The molecule has 0 spiro atoms. The number of benzene rings is 1. The van der Waals surface area contributed by atoms with Gasteiger partial charge >= 0.3 is 0 Å². The van der Waals surface area contributed by atoms with E-state index in [4.69, 9.17) is 5.73 Å². The molecule has 4 N–H and O–H groups in total. The fourth-order valence-electron chi connectivity index (χ4n) is 4.00. The summed E-state index contributed by atoms with van der Waals surface area (Å²) in [5.74, 6) is -0.440. The first-order valence-electron chi connectivity index (χ1n) is 10.6. The molecule has 31 heavy (non-hydrogen) atoms. The third kappa shape index (κ3) is 5.28. The Morgan fingerprint density at radius 3 is 2.45 bits per heavy atom. The zero-order valence-electron chi connectivity index (χ0n) is 18.1. The van der Waals surface area contributed by atoms with Crippen molar-refractivity contribution in [2.75, 3.05) is 7.05 Å². The van der Waals surface area contributed by atoms with E-state index in [1.807, 2.05) is 37.3 Å². The van der Waals surface area contributed by atoms with Gasteiger partial charge in [-0.15, -0.1) is 0 Å². The highest BCUT2D eigenvalue weighted by Crippen LogP contribution is 2.26. The first-order valence-corrected chi connectivity index (χ1v) is 10.6. The van der Waals surface area contributed by atoms with E-state index in [1.165, 1.54) is 0 Å². The van der Waals surface area contributed by atoms with Crippen LogP contribution in [0.1, 0.15) is 53.7 Å². The Morgan fingerprint density at radius 2 is 1.87 bits per heavy atom. The maximum absolute atomic E-state index is 12.6. The van der Waals surface area contributed by atoms with Crippen molar-refractivity contribution in [2.24, 2.45) is 5.73 Å². The predicted molar refractivity (Wildman–Crippen MR) is 119 cm³/mol. The molecule has 162 valence electrons. The number of nitrogens with two attached hydrogens (primary N) is 1. The van der Waals surface area contributed by atoms with Crippen molar-refractivity contribution in [1.29, 1.82) is 5.26 Å². The summed E-state index contributed by atoms with van der Waals surface area (Å²) >= 11 is 0. The molecule has 0 aliphatic heterocycles. The highest BCUT2D eigenvalue weighted by Gasteiger charge is 2.36. The molecule has 0 bridgehead atoms. The lowest BCUT2D eigenvalue weighted by atomic mass is 9.81. The quantitative estimate of drug-likeness (QED) is 0.665. The van der Waals surface area contributed by atoms with Gasteiger partial charge in [0.2, 0.25) is 5.91 Å². The van der Waals surface area contributed by atoms with Gasteiger partial charge in [0, 0.05) is 25.2 Å². The van der Waals surface area contributed by atoms with E-state index in [1.54, 1.807) is 13.2 Å². The number of amides is 2. The fourth-order valence-corrected chi connectivity index (χ4v) is 4.00. The summed E-state index contributed by atoms with van der Waals surface area (Å²) in [6.07, 6.45) is 6.41. The largest absolute Gasteiger partial charge is 0.354 e. The number of aromatic nitrogens is 1. The second-order valence-electron chi connectivity index (χ2n) is 8.24. The summed E-state index contributed by atoms with van der Waals surface area (Å²) in [6, 6.07) is 11.3. The van der Waals surface area contributed by atoms with Crippen LogP contribution in [0.25, 0.3) is 11.1 Å². The summed E-state index contributed by atoms with van der Waals surface area (Å²) in [6.45, 7) is 1.85. The van der Waals surface area contributed by atoms with Crippen LogP contribution in [0.5, 0.6) is 0 Å². The van der Waals surface area contributed by atoms with Gasteiger partial charge in [0.15, 0.2) is 0 Å². The first kappa shape index (κ1) is 22.4. The molecule has 1 aliphatic carbocycles. The lowest BCUT2D eigenvalue weighted by molar-refractivity contribution is -0.127. The van der Waals surface area contributed by atoms with Crippen molar-refractivity contribution in [3.63, 3.8) is 0 Å². The third-order valence-electron chi connectivity index (χ3n) is 5.91. The Kier molecular flexibility index (Phi) is 7.03. The number of rotatable bonds is 6. The molecule has 1 aromatic heterocycles. The first-order chi connectivity index (χ1) is 14.9. The molecule has 1 unspecified atom stereocenters. The van der Waals surface area contributed by atoms with Gasteiger partial charge in [-0.25, -0.2) is 0 Å². The second kappa shape index (κ2) is 9.71. The molecule has 7 nitrogen and oxygen atoms in total. The Bertz CT molecular complexity index is 988. The molecule has 1 atom stereocenters. The maximum atomic E-state index is 12.6. The SMILES string of the molecule is CNC(=O)c1ncc(-c2ccc(CC(C#N)NC(=O)C3(N)CCCCC3)cc2)cc1C. The number of pyridine rings is 1. The van der Waals surface area contributed by atoms with E-state index in [2.05, 4.69) is 21.7 Å². The number of aryl methyl sites for hydroxylation is 1. The fraction of sp³-hybridized carbons (Fsp3) is 0.417. The van der Waals surface area contributed by atoms with E-state index in [0.717, 1.165) is 41.5 Å². The molecule has 7 heteroatoms. The van der Waals surface area contributed by atoms with Crippen LogP contribution >= 0.6 is 0 Å². The van der Waals surface area contributed by atoms with E-state index in [-0.39, 0.29) is 11.8 Å². The minimum absolute atomic E-state index is 0.212. The molecular weight excluding hydrogens is 390 g/mol. The van der Waals surface area contributed by atoms with Crippen LogP contribution in [0.3, 0.4) is 0 Å². The number of nitrogens with one attached hydrogen (secondary N) is 2. The molecule has 2 amide bonds. The van der Waals surface area contributed by atoms with Crippen LogP contribution in [-0.2, 0) is 11.2 Å². The third-order valence-corrected chi connectivity index (χ3v) is 5.91. The lowest BCUT2D eigenvalue weighted by Crippen LogP contribution is -2.57. The van der Waals surface area contributed by atoms with Gasteiger partial charge in [-0.1, -0.05) is 43.5 Å². The van der Waals surface area contributed by atoms with Gasteiger partial charge in [0.1, 0.15) is 11.7 Å². The molecular formula is C24H29N5O2. The van der Waals surface area contributed by atoms with Crippen LogP contribution in [0.15, 0.2) is 36.5 Å². The molecule has 1 aromatic carbocycles. The number of carbonyl (C=O) groups excluding carboxylic acids is 2. The lowest BCUT2D eigenvalue weighted by Gasteiger charge is -2.32. The average molecular weight is 420 g/mol. The van der Waals surface area contributed by atoms with Crippen LogP contribution in [0.4, 0.5) is 0 Å². The van der Waals surface area contributed by atoms with Crippen molar-refractivity contribution in [3.05, 3.63) is 53.3 Å². The number of hydrogen-bond acceptors (Lipinski definition) is 5. The van der Waals surface area contributed by atoms with Crippen molar-refractivity contribution in [1.82, 2.24) is 15.6 Å². The topological polar surface area (TPSA) is 121 Å². The predicted octanol–water partition coefficient (Wildman–Crippen LogP) is 2.63. The van der Waals surface area contributed by atoms with Gasteiger partial charge in [0.05, 0.1) is 11.6 Å². The van der Waals surface area contributed by atoms with Crippen LogP contribution < -0.4 is 16.4 Å². The molecule has 2 aromatic rings. The molecule has 1 aliphatic rings. The highest BCUT2D eigenvalue weighted by atomic mass is 16.2. The van der Waals surface area contributed by atoms with Gasteiger partial charge in [-0.2, -0.15) is 5.26 Å². The van der Waals surface area contributed by atoms with Crippen LogP contribution in [-0.4, -0.2) is 35.4 Å². The summed E-state index contributed by atoms with van der Waals surface area (Å²) in [4.78, 5) is 28.7. The van der Waals surface area contributed by atoms with Gasteiger partial charge in [0.25, 0.3) is 5.91 Å². The van der Waals surface area contributed by atoms with Crippen LogP contribution in [0.2, 0.25) is 0 Å². The maximum Gasteiger partial charge on any atom is 0.269 e. The highest BCUT2D eigenvalue weighted by molar-refractivity contribution is 5.93. The van der Waals surface area contributed by atoms with E-state index < -0.39 is 11.6 Å². The van der Waals surface area contributed by atoms with E-state index in [9.17, 15) is 14.9 Å². The monoisotopic (exact) mass is 419 g/mol. The van der Waals surface area contributed by atoms with Crippen LogP contribution in [0, 0.1) is 18.3 Å².